The number of benzene rings is 2. The second-order valence-electron chi connectivity index (χ2n) is 11.1. The van der Waals surface area contributed by atoms with E-state index in [-0.39, 0.29) is 11.5 Å². The van der Waals surface area contributed by atoms with Crippen molar-refractivity contribution in [1.29, 1.82) is 10.5 Å². The maximum atomic E-state index is 9.81. The number of aromatic nitrogens is 1. The van der Waals surface area contributed by atoms with Crippen LogP contribution in [0.15, 0.2) is 48.4 Å². The second-order valence-corrected chi connectivity index (χ2v) is 11.5. The SMILES string of the molecule is Cc1c(C#N)cccc1C(Nc1cc(Cl)c2ncc(C#N)c(NCC(C)(C)C)c2c1)C1=CN(C2CC2)NN1. The number of halogens is 1. The first-order chi connectivity index (χ1) is 18.2. The van der Waals surface area contributed by atoms with E-state index in [1.165, 1.54) is 0 Å². The molecule has 1 unspecified atom stereocenters. The summed E-state index contributed by atoms with van der Waals surface area (Å²) in [5, 5.41) is 29.9. The molecule has 0 saturated heterocycles. The average molecular weight is 527 g/mol. The number of hydrogen-bond acceptors (Lipinski definition) is 8. The van der Waals surface area contributed by atoms with Crippen molar-refractivity contribution in [1.82, 2.24) is 21.0 Å². The van der Waals surface area contributed by atoms with Gasteiger partial charge in [0.25, 0.3) is 0 Å². The molecule has 0 amide bonds. The molecular formula is C29H31ClN8. The topological polar surface area (TPSA) is 112 Å². The normalized spacial score (nSPS) is 15.9. The molecule has 0 bridgehead atoms. The number of anilines is 2. The van der Waals surface area contributed by atoms with E-state index in [0.29, 0.717) is 34.3 Å². The van der Waals surface area contributed by atoms with Crippen molar-refractivity contribution in [2.24, 2.45) is 5.41 Å². The molecule has 194 valence electrons. The molecule has 1 aromatic heterocycles. The van der Waals surface area contributed by atoms with E-state index >= 15 is 0 Å². The molecule has 0 radical (unpaired) electrons. The first-order valence-corrected chi connectivity index (χ1v) is 13.1. The lowest BCUT2D eigenvalue weighted by molar-refractivity contribution is 0.260. The number of pyridine rings is 1. The maximum absolute atomic E-state index is 9.81. The van der Waals surface area contributed by atoms with Crippen LogP contribution >= 0.6 is 11.6 Å². The zero-order valence-corrected chi connectivity index (χ0v) is 22.7. The lowest BCUT2D eigenvalue weighted by Gasteiger charge is -2.24. The van der Waals surface area contributed by atoms with Gasteiger partial charge in [0, 0.05) is 36.1 Å². The van der Waals surface area contributed by atoms with Crippen molar-refractivity contribution in [3.05, 3.63) is 75.7 Å². The molecule has 4 N–H and O–H groups in total. The van der Waals surface area contributed by atoms with Gasteiger partial charge < -0.3 is 16.1 Å². The quantitative estimate of drug-likeness (QED) is 0.302. The van der Waals surface area contributed by atoms with Crippen molar-refractivity contribution in [2.75, 3.05) is 17.2 Å². The summed E-state index contributed by atoms with van der Waals surface area (Å²) < 4.78 is 0. The fraction of sp³-hybridized carbons (Fsp3) is 0.345. The minimum absolute atomic E-state index is 0.0113. The fourth-order valence-electron chi connectivity index (χ4n) is 4.59. The Morgan fingerprint density at radius 1 is 1.18 bits per heavy atom. The van der Waals surface area contributed by atoms with Crippen LogP contribution in [0, 0.1) is 35.0 Å². The van der Waals surface area contributed by atoms with Crippen molar-refractivity contribution in [2.45, 2.75) is 52.6 Å². The Morgan fingerprint density at radius 3 is 2.63 bits per heavy atom. The highest BCUT2D eigenvalue weighted by Gasteiger charge is 2.33. The molecule has 38 heavy (non-hydrogen) atoms. The van der Waals surface area contributed by atoms with Gasteiger partial charge in [-0.3, -0.25) is 9.99 Å². The molecule has 5 rings (SSSR count). The molecule has 2 aliphatic rings. The Bertz CT molecular complexity index is 1500. The predicted molar refractivity (Wildman–Crippen MR) is 151 cm³/mol. The van der Waals surface area contributed by atoms with Crippen LogP contribution in [0.2, 0.25) is 5.02 Å². The van der Waals surface area contributed by atoms with Crippen LogP contribution in [0.4, 0.5) is 11.4 Å². The van der Waals surface area contributed by atoms with Gasteiger partial charge in [0.05, 0.1) is 45.2 Å². The number of nitrogens with one attached hydrogen (secondary N) is 4. The number of hydrogen-bond donors (Lipinski definition) is 4. The highest BCUT2D eigenvalue weighted by atomic mass is 35.5. The monoisotopic (exact) mass is 526 g/mol. The zero-order valence-electron chi connectivity index (χ0n) is 22.0. The van der Waals surface area contributed by atoms with Crippen molar-refractivity contribution >= 4 is 33.9 Å². The van der Waals surface area contributed by atoms with Crippen LogP contribution in [-0.4, -0.2) is 22.6 Å². The van der Waals surface area contributed by atoms with Crippen molar-refractivity contribution < 1.29 is 0 Å². The number of nitriles is 2. The van der Waals surface area contributed by atoms with Crippen LogP contribution in [0.3, 0.4) is 0 Å². The average Bonchev–Trinajstić information content (AvgIpc) is 3.62. The standard InChI is InChI=1S/C29H31ClN8/c1-17-18(12-31)6-5-7-22(17)28(25-15-38(37-36-25)21-8-9-21)35-20-10-23-26(34-16-29(2,3)4)19(13-32)14-33-27(23)24(30)11-20/h5-7,10-11,14-15,21,28,35-37H,8-9,16H2,1-4H3,(H,33,34). The third kappa shape index (κ3) is 5.19. The molecule has 1 aliphatic heterocycles. The van der Waals surface area contributed by atoms with E-state index in [9.17, 15) is 10.5 Å². The van der Waals surface area contributed by atoms with Crippen LogP contribution in [0.25, 0.3) is 10.9 Å². The van der Waals surface area contributed by atoms with Gasteiger partial charge in [-0.05, 0) is 54.5 Å². The molecular weight excluding hydrogens is 496 g/mol. The molecule has 9 heteroatoms. The summed E-state index contributed by atoms with van der Waals surface area (Å²) in [6, 6.07) is 14.4. The molecule has 8 nitrogen and oxygen atoms in total. The fourth-order valence-corrected chi connectivity index (χ4v) is 4.86. The lowest BCUT2D eigenvalue weighted by atomic mass is 9.95. The van der Waals surface area contributed by atoms with Gasteiger partial charge in [-0.1, -0.05) is 44.5 Å². The van der Waals surface area contributed by atoms with Crippen LogP contribution in [-0.2, 0) is 0 Å². The number of hydrazine groups is 2. The van der Waals surface area contributed by atoms with E-state index in [4.69, 9.17) is 11.6 Å². The summed E-state index contributed by atoms with van der Waals surface area (Å²) >= 11 is 6.75. The summed E-state index contributed by atoms with van der Waals surface area (Å²) in [5.41, 5.74) is 12.6. The van der Waals surface area contributed by atoms with Gasteiger partial charge in [0.1, 0.15) is 6.07 Å². The van der Waals surface area contributed by atoms with Gasteiger partial charge in [-0.25, -0.2) is 0 Å². The molecule has 1 fully saturated rings. The largest absolute Gasteiger partial charge is 0.383 e. The molecule has 1 aliphatic carbocycles. The maximum Gasteiger partial charge on any atom is 0.103 e. The van der Waals surface area contributed by atoms with E-state index in [0.717, 1.165) is 46.4 Å². The molecule has 2 heterocycles. The van der Waals surface area contributed by atoms with Gasteiger partial charge in [-0.15, -0.1) is 5.53 Å². The van der Waals surface area contributed by atoms with Gasteiger partial charge in [-0.2, -0.15) is 10.5 Å². The Balaban J connectivity index is 1.60. The van der Waals surface area contributed by atoms with E-state index in [1.807, 2.05) is 37.3 Å². The summed E-state index contributed by atoms with van der Waals surface area (Å²) in [7, 11) is 0. The van der Waals surface area contributed by atoms with Crippen LogP contribution in [0.1, 0.15) is 61.9 Å². The van der Waals surface area contributed by atoms with Gasteiger partial charge in [0.2, 0.25) is 0 Å². The van der Waals surface area contributed by atoms with Gasteiger partial charge in [0.15, 0.2) is 0 Å². The lowest BCUT2D eigenvalue weighted by Crippen LogP contribution is -2.38. The van der Waals surface area contributed by atoms with E-state index < -0.39 is 0 Å². The smallest absolute Gasteiger partial charge is 0.103 e. The summed E-state index contributed by atoms with van der Waals surface area (Å²) in [5.74, 6) is 0. The molecule has 0 spiro atoms. The summed E-state index contributed by atoms with van der Waals surface area (Å²) in [4.78, 5) is 4.49. The number of rotatable bonds is 7. The molecule has 2 aromatic carbocycles. The number of nitrogens with zero attached hydrogens (tertiary/aromatic N) is 4. The third-order valence-electron chi connectivity index (χ3n) is 6.82. The van der Waals surface area contributed by atoms with Crippen LogP contribution < -0.4 is 21.6 Å². The first kappa shape index (κ1) is 25.7. The highest BCUT2D eigenvalue weighted by Crippen LogP contribution is 2.37. The van der Waals surface area contributed by atoms with Crippen molar-refractivity contribution in [3.8, 4) is 12.1 Å². The van der Waals surface area contributed by atoms with E-state index in [2.05, 4.69) is 70.7 Å². The Kier molecular flexibility index (Phi) is 6.79. The number of fused-ring (bicyclic) bond motifs is 1. The minimum atomic E-state index is -0.286. The molecule has 1 atom stereocenters. The third-order valence-corrected chi connectivity index (χ3v) is 7.11. The Morgan fingerprint density at radius 2 is 1.95 bits per heavy atom. The minimum Gasteiger partial charge on any atom is -0.383 e. The summed E-state index contributed by atoms with van der Waals surface area (Å²) in [6.45, 7) is 9.06. The Hall–Kier alpha value is -3.98. The van der Waals surface area contributed by atoms with Gasteiger partial charge >= 0.3 is 0 Å². The van der Waals surface area contributed by atoms with E-state index in [1.54, 1.807) is 6.20 Å². The molecule has 3 aromatic rings. The Labute approximate surface area is 228 Å². The summed E-state index contributed by atoms with van der Waals surface area (Å²) in [6.07, 6.45) is 5.95. The molecule has 1 saturated carbocycles. The zero-order chi connectivity index (χ0) is 27.0. The second kappa shape index (κ2) is 10.1. The first-order valence-electron chi connectivity index (χ1n) is 12.7. The highest BCUT2D eigenvalue weighted by molar-refractivity contribution is 6.35. The van der Waals surface area contributed by atoms with Crippen molar-refractivity contribution in [3.63, 3.8) is 0 Å². The predicted octanol–water partition coefficient (Wildman–Crippen LogP) is 5.88. The van der Waals surface area contributed by atoms with Crippen LogP contribution in [0.5, 0.6) is 0 Å².